The lowest BCUT2D eigenvalue weighted by Gasteiger charge is -2.35. The number of nitrogens with one attached hydrogen (secondary N) is 1. The van der Waals surface area contributed by atoms with Gasteiger partial charge in [0.05, 0.1) is 0 Å². The van der Waals surface area contributed by atoms with Crippen LogP contribution in [0, 0.1) is 6.92 Å². The van der Waals surface area contributed by atoms with Gasteiger partial charge in [-0.3, -0.25) is 9.89 Å². The van der Waals surface area contributed by atoms with E-state index in [0.29, 0.717) is 18.3 Å². The lowest BCUT2D eigenvalue weighted by molar-refractivity contribution is 0.0599. The molecular weight excluding hydrogens is 216 g/mol. The van der Waals surface area contributed by atoms with Gasteiger partial charge in [-0.05, 0) is 45.2 Å². The van der Waals surface area contributed by atoms with Crippen molar-refractivity contribution < 1.29 is 4.79 Å². The van der Waals surface area contributed by atoms with E-state index in [9.17, 15) is 4.79 Å². The van der Waals surface area contributed by atoms with E-state index in [4.69, 9.17) is 5.73 Å². The Kier molecular flexibility index (Phi) is 3.78. The molecule has 1 aromatic rings. The summed E-state index contributed by atoms with van der Waals surface area (Å²) in [4.78, 5) is 14.2. The van der Waals surface area contributed by atoms with Crippen LogP contribution >= 0.6 is 0 Å². The van der Waals surface area contributed by atoms with Gasteiger partial charge in [0, 0.05) is 18.3 Å². The van der Waals surface area contributed by atoms with E-state index in [0.717, 1.165) is 31.5 Å². The van der Waals surface area contributed by atoms with Crippen LogP contribution in [0.25, 0.3) is 0 Å². The number of aromatic amines is 1. The first kappa shape index (κ1) is 12.1. The highest BCUT2D eigenvalue weighted by Crippen LogP contribution is 2.21. The van der Waals surface area contributed by atoms with Crippen molar-refractivity contribution in [2.24, 2.45) is 5.73 Å². The van der Waals surface area contributed by atoms with Gasteiger partial charge in [0.25, 0.3) is 5.91 Å². The van der Waals surface area contributed by atoms with Gasteiger partial charge in [-0.25, -0.2) is 0 Å². The first-order valence-corrected chi connectivity index (χ1v) is 6.25. The van der Waals surface area contributed by atoms with Crippen LogP contribution in [0.2, 0.25) is 0 Å². The Bertz CT molecular complexity index is 386. The molecule has 0 aliphatic carbocycles. The number of nitrogens with zero attached hydrogens (tertiary/aromatic N) is 2. The number of rotatable bonds is 3. The third-order valence-electron chi connectivity index (χ3n) is 3.31. The zero-order chi connectivity index (χ0) is 12.3. The average Bonchev–Trinajstić information content (AvgIpc) is 2.76. The largest absolute Gasteiger partial charge is 0.334 e. The highest BCUT2D eigenvalue weighted by atomic mass is 16.2. The van der Waals surface area contributed by atoms with E-state index < -0.39 is 0 Å². The molecule has 1 atom stereocenters. The van der Waals surface area contributed by atoms with Crippen molar-refractivity contribution in [1.29, 1.82) is 0 Å². The highest BCUT2D eigenvalue weighted by molar-refractivity contribution is 5.92. The Labute approximate surface area is 101 Å². The quantitative estimate of drug-likeness (QED) is 0.824. The first-order valence-electron chi connectivity index (χ1n) is 6.25. The summed E-state index contributed by atoms with van der Waals surface area (Å²) in [5.74, 6) is 0.0347. The molecule has 2 heterocycles. The van der Waals surface area contributed by atoms with Gasteiger partial charge in [0.15, 0.2) is 0 Å². The predicted octanol–water partition coefficient (Wildman–Crippen LogP) is 1.06. The molecule has 0 aromatic carbocycles. The second kappa shape index (κ2) is 5.31. The van der Waals surface area contributed by atoms with Crippen LogP contribution in [-0.4, -0.2) is 40.1 Å². The zero-order valence-corrected chi connectivity index (χ0v) is 10.3. The van der Waals surface area contributed by atoms with Crippen molar-refractivity contribution >= 4 is 5.91 Å². The van der Waals surface area contributed by atoms with Crippen molar-refractivity contribution in [2.45, 2.75) is 38.6 Å². The molecule has 1 aliphatic rings. The van der Waals surface area contributed by atoms with E-state index in [1.54, 1.807) is 6.07 Å². The number of aromatic nitrogens is 2. The average molecular weight is 236 g/mol. The number of H-pyrrole nitrogens is 1. The molecule has 0 radical (unpaired) electrons. The second-order valence-corrected chi connectivity index (χ2v) is 4.66. The van der Waals surface area contributed by atoms with Crippen molar-refractivity contribution in [1.82, 2.24) is 15.1 Å². The third-order valence-corrected chi connectivity index (χ3v) is 3.31. The summed E-state index contributed by atoms with van der Waals surface area (Å²) in [5, 5.41) is 6.85. The van der Waals surface area contributed by atoms with E-state index in [1.807, 2.05) is 11.8 Å². The number of amides is 1. The Balaban J connectivity index is 2.10. The summed E-state index contributed by atoms with van der Waals surface area (Å²) < 4.78 is 0. The van der Waals surface area contributed by atoms with Gasteiger partial charge in [-0.2, -0.15) is 5.10 Å². The van der Waals surface area contributed by atoms with Crippen molar-refractivity contribution in [3.63, 3.8) is 0 Å². The summed E-state index contributed by atoms with van der Waals surface area (Å²) in [6.07, 6.45) is 4.21. The molecular formula is C12H20N4O. The maximum atomic E-state index is 12.3. The fraction of sp³-hybridized carbons (Fsp3) is 0.667. The van der Waals surface area contributed by atoms with Gasteiger partial charge in [0.1, 0.15) is 5.69 Å². The van der Waals surface area contributed by atoms with Crippen LogP contribution in [0.15, 0.2) is 6.07 Å². The van der Waals surface area contributed by atoms with Crippen LogP contribution < -0.4 is 5.73 Å². The van der Waals surface area contributed by atoms with Crippen LogP contribution in [0.4, 0.5) is 0 Å². The Hall–Kier alpha value is -1.36. The molecule has 17 heavy (non-hydrogen) atoms. The minimum atomic E-state index is 0.0347. The summed E-state index contributed by atoms with van der Waals surface area (Å²) in [5.41, 5.74) is 7.04. The number of carbonyl (C=O) groups is 1. The van der Waals surface area contributed by atoms with E-state index >= 15 is 0 Å². The summed E-state index contributed by atoms with van der Waals surface area (Å²) in [6.45, 7) is 3.36. The maximum absolute atomic E-state index is 12.3. The minimum absolute atomic E-state index is 0.0347. The first-order chi connectivity index (χ1) is 8.22. The lowest BCUT2D eigenvalue weighted by Crippen LogP contribution is -2.44. The molecule has 0 unspecified atom stereocenters. The maximum Gasteiger partial charge on any atom is 0.274 e. The molecule has 1 saturated heterocycles. The standard InChI is InChI=1S/C12H20N4O/c1-9-8-11(15-14-9)12(17)16-7-3-2-4-10(16)5-6-13/h8,10H,2-7,13H2,1H3,(H,14,15)/t10-/m1/s1. The molecule has 1 fully saturated rings. The van der Waals surface area contributed by atoms with E-state index in [1.165, 1.54) is 6.42 Å². The normalized spacial score (nSPS) is 20.6. The number of carbonyl (C=O) groups excluding carboxylic acids is 1. The van der Waals surface area contributed by atoms with Crippen molar-refractivity contribution in [3.05, 3.63) is 17.5 Å². The molecule has 1 amide bonds. The molecule has 1 aliphatic heterocycles. The molecule has 3 N–H and O–H groups in total. The highest BCUT2D eigenvalue weighted by Gasteiger charge is 2.27. The van der Waals surface area contributed by atoms with E-state index in [2.05, 4.69) is 10.2 Å². The van der Waals surface area contributed by atoms with Gasteiger partial charge in [0.2, 0.25) is 0 Å². The zero-order valence-electron chi connectivity index (χ0n) is 10.3. The molecule has 5 nitrogen and oxygen atoms in total. The third kappa shape index (κ3) is 2.66. The Morgan fingerprint density at radius 3 is 3.12 bits per heavy atom. The predicted molar refractivity (Wildman–Crippen MR) is 65.7 cm³/mol. The summed E-state index contributed by atoms with van der Waals surface area (Å²) in [6, 6.07) is 2.09. The monoisotopic (exact) mass is 236 g/mol. The molecule has 0 saturated carbocycles. The molecule has 2 rings (SSSR count). The van der Waals surface area contributed by atoms with Gasteiger partial charge < -0.3 is 10.6 Å². The topological polar surface area (TPSA) is 75.0 Å². The van der Waals surface area contributed by atoms with Gasteiger partial charge in [-0.1, -0.05) is 0 Å². The SMILES string of the molecule is Cc1cc(C(=O)N2CCCC[C@@H]2CCN)n[nH]1. The Morgan fingerprint density at radius 2 is 2.47 bits per heavy atom. The summed E-state index contributed by atoms with van der Waals surface area (Å²) >= 11 is 0. The number of hydrogen-bond donors (Lipinski definition) is 2. The van der Waals surface area contributed by atoms with E-state index in [-0.39, 0.29) is 5.91 Å². The summed E-state index contributed by atoms with van der Waals surface area (Å²) in [7, 11) is 0. The molecule has 1 aromatic heterocycles. The fourth-order valence-corrected chi connectivity index (χ4v) is 2.44. The molecule has 0 spiro atoms. The number of nitrogens with two attached hydrogens (primary N) is 1. The van der Waals surface area contributed by atoms with Gasteiger partial charge in [-0.15, -0.1) is 0 Å². The number of likely N-dealkylation sites (tertiary alicyclic amines) is 1. The second-order valence-electron chi connectivity index (χ2n) is 4.66. The fourth-order valence-electron chi connectivity index (χ4n) is 2.44. The minimum Gasteiger partial charge on any atom is -0.334 e. The Morgan fingerprint density at radius 1 is 1.65 bits per heavy atom. The molecule has 5 heteroatoms. The van der Waals surface area contributed by atoms with Crippen LogP contribution in [0.5, 0.6) is 0 Å². The molecule has 94 valence electrons. The van der Waals surface area contributed by atoms with Crippen LogP contribution in [-0.2, 0) is 0 Å². The number of piperidine rings is 1. The smallest absolute Gasteiger partial charge is 0.274 e. The van der Waals surface area contributed by atoms with Crippen LogP contribution in [0.3, 0.4) is 0 Å². The molecule has 0 bridgehead atoms. The van der Waals surface area contributed by atoms with Crippen molar-refractivity contribution in [2.75, 3.05) is 13.1 Å². The number of aryl methyl sites for hydroxylation is 1. The van der Waals surface area contributed by atoms with Gasteiger partial charge >= 0.3 is 0 Å². The lowest BCUT2D eigenvalue weighted by atomic mass is 9.99. The van der Waals surface area contributed by atoms with Crippen molar-refractivity contribution in [3.8, 4) is 0 Å². The number of hydrogen-bond acceptors (Lipinski definition) is 3. The van der Waals surface area contributed by atoms with Crippen LogP contribution in [0.1, 0.15) is 41.9 Å².